The number of rotatable bonds is 6. The zero-order valence-electron chi connectivity index (χ0n) is 16.3. The topological polar surface area (TPSA) is 34.9 Å². The molecule has 0 aliphatic carbocycles. The number of ketones is 1. The van der Waals surface area contributed by atoms with Crippen molar-refractivity contribution in [3.63, 3.8) is 0 Å². The van der Waals surface area contributed by atoms with E-state index >= 15 is 0 Å². The second-order valence-corrected chi connectivity index (χ2v) is 6.83. The molecule has 3 aromatic carbocycles. The van der Waals surface area contributed by atoms with Crippen LogP contribution in [-0.4, -0.2) is 15.6 Å². The number of aromatic nitrogens is 2. The van der Waals surface area contributed by atoms with Gasteiger partial charge in [-0.2, -0.15) is 5.10 Å². The van der Waals surface area contributed by atoms with Crippen LogP contribution >= 0.6 is 0 Å². The van der Waals surface area contributed by atoms with Crippen LogP contribution in [0.5, 0.6) is 0 Å². The van der Waals surface area contributed by atoms with Crippen LogP contribution in [-0.2, 0) is 6.42 Å². The molecule has 0 unspecified atom stereocenters. The molecular formula is C26H22N2O. The van der Waals surface area contributed by atoms with E-state index in [2.05, 4.69) is 6.92 Å². The first-order valence-electron chi connectivity index (χ1n) is 9.76. The van der Waals surface area contributed by atoms with E-state index in [-0.39, 0.29) is 5.78 Å². The van der Waals surface area contributed by atoms with Crippen LogP contribution in [0.3, 0.4) is 0 Å². The van der Waals surface area contributed by atoms with Gasteiger partial charge in [0.05, 0.1) is 11.4 Å². The fraction of sp³-hybridized carbons (Fsp3) is 0.0769. The molecule has 0 bridgehead atoms. The third kappa shape index (κ3) is 4.25. The lowest BCUT2D eigenvalue weighted by atomic mass is 10.0. The maximum Gasteiger partial charge on any atom is 0.185 e. The fourth-order valence-electron chi connectivity index (χ4n) is 3.21. The van der Waals surface area contributed by atoms with Crippen molar-refractivity contribution in [2.45, 2.75) is 13.3 Å². The average molecular weight is 378 g/mol. The third-order valence-corrected chi connectivity index (χ3v) is 4.87. The second-order valence-electron chi connectivity index (χ2n) is 6.83. The minimum absolute atomic E-state index is 0.0147. The number of carbonyl (C=O) groups excluding carboxylic acids is 1. The summed E-state index contributed by atoms with van der Waals surface area (Å²) in [6, 6.07) is 27.8. The summed E-state index contributed by atoms with van der Waals surface area (Å²) >= 11 is 0. The Morgan fingerprint density at radius 1 is 0.897 bits per heavy atom. The lowest BCUT2D eigenvalue weighted by molar-refractivity contribution is 0.104. The van der Waals surface area contributed by atoms with Gasteiger partial charge in [-0.3, -0.25) is 4.79 Å². The summed E-state index contributed by atoms with van der Waals surface area (Å²) in [6.45, 7) is 2.10. The van der Waals surface area contributed by atoms with Crippen molar-refractivity contribution in [2.75, 3.05) is 0 Å². The molecule has 4 rings (SSSR count). The highest BCUT2D eigenvalue weighted by atomic mass is 16.1. The molecule has 0 aliphatic rings. The van der Waals surface area contributed by atoms with E-state index < -0.39 is 0 Å². The van der Waals surface area contributed by atoms with Crippen molar-refractivity contribution >= 4 is 11.9 Å². The molecule has 3 nitrogen and oxygen atoms in total. The Morgan fingerprint density at radius 2 is 1.55 bits per heavy atom. The molecule has 142 valence electrons. The van der Waals surface area contributed by atoms with Gasteiger partial charge in [-0.05, 0) is 36.3 Å². The van der Waals surface area contributed by atoms with Crippen LogP contribution in [0.4, 0.5) is 0 Å². The maximum absolute atomic E-state index is 12.6. The molecule has 0 saturated carbocycles. The number of allylic oxidation sites excluding steroid dienone is 1. The van der Waals surface area contributed by atoms with Gasteiger partial charge in [0.25, 0.3) is 0 Å². The molecule has 29 heavy (non-hydrogen) atoms. The number of hydrogen-bond acceptors (Lipinski definition) is 2. The van der Waals surface area contributed by atoms with Crippen molar-refractivity contribution in [3.05, 3.63) is 114 Å². The Kier molecular flexibility index (Phi) is 5.48. The molecule has 1 heterocycles. The van der Waals surface area contributed by atoms with Crippen molar-refractivity contribution in [2.24, 2.45) is 0 Å². The monoisotopic (exact) mass is 378 g/mol. The largest absolute Gasteiger partial charge is 0.289 e. The van der Waals surface area contributed by atoms with Crippen LogP contribution in [0.1, 0.15) is 28.4 Å². The van der Waals surface area contributed by atoms with E-state index in [1.165, 1.54) is 5.56 Å². The minimum Gasteiger partial charge on any atom is -0.289 e. The van der Waals surface area contributed by atoms with Gasteiger partial charge in [0.1, 0.15) is 0 Å². The second kappa shape index (κ2) is 8.53. The number of nitrogens with zero attached hydrogens (tertiary/aromatic N) is 2. The summed E-state index contributed by atoms with van der Waals surface area (Å²) in [5.41, 5.74) is 5.65. The Labute approximate surface area is 171 Å². The quantitative estimate of drug-likeness (QED) is 0.305. The highest BCUT2D eigenvalue weighted by molar-refractivity contribution is 6.07. The number of benzene rings is 3. The van der Waals surface area contributed by atoms with E-state index in [0.29, 0.717) is 5.56 Å². The lowest BCUT2D eigenvalue weighted by Gasteiger charge is -2.00. The summed E-state index contributed by atoms with van der Waals surface area (Å²) in [6.07, 6.45) is 6.40. The summed E-state index contributed by atoms with van der Waals surface area (Å²) in [4.78, 5) is 12.6. The molecule has 4 aromatic rings. The Hall–Kier alpha value is -3.72. The summed E-state index contributed by atoms with van der Waals surface area (Å²) in [5.74, 6) is -0.0147. The zero-order chi connectivity index (χ0) is 20.1. The maximum atomic E-state index is 12.6. The molecule has 3 heteroatoms. The predicted octanol–water partition coefficient (Wildman–Crippen LogP) is 6.00. The molecule has 0 fully saturated rings. The average Bonchev–Trinajstić information content (AvgIpc) is 3.23. The molecule has 0 spiro atoms. The third-order valence-electron chi connectivity index (χ3n) is 4.87. The van der Waals surface area contributed by atoms with E-state index in [1.54, 1.807) is 6.08 Å². The Balaban J connectivity index is 1.68. The number of carbonyl (C=O) groups is 1. The first-order valence-corrected chi connectivity index (χ1v) is 9.76. The fourth-order valence-corrected chi connectivity index (χ4v) is 3.21. The number of para-hydroxylation sites is 1. The minimum atomic E-state index is -0.0147. The van der Waals surface area contributed by atoms with Crippen LogP contribution < -0.4 is 0 Å². The van der Waals surface area contributed by atoms with Gasteiger partial charge in [0.15, 0.2) is 5.78 Å². The molecule has 1 aromatic heterocycles. The Morgan fingerprint density at radius 3 is 2.21 bits per heavy atom. The first-order chi connectivity index (χ1) is 14.2. The van der Waals surface area contributed by atoms with Gasteiger partial charge in [-0.15, -0.1) is 0 Å². The van der Waals surface area contributed by atoms with Crippen LogP contribution in [0.25, 0.3) is 23.0 Å². The highest BCUT2D eigenvalue weighted by Crippen LogP contribution is 2.25. The van der Waals surface area contributed by atoms with Crippen LogP contribution in [0, 0.1) is 0 Å². The summed E-state index contributed by atoms with van der Waals surface area (Å²) < 4.78 is 1.85. The van der Waals surface area contributed by atoms with E-state index in [0.717, 1.165) is 28.9 Å². The first kappa shape index (κ1) is 18.6. The van der Waals surface area contributed by atoms with Crippen molar-refractivity contribution in [3.8, 4) is 16.9 Å². The van der Waals surface area contributed by atoms with Crippen molar-refractivity contribution < 1.29 is 4.79 Å². The number of hydrogen-bond donors (Lipinski definition) is 0. The van der Waals surface area contributed by atoms with Crippen molar-refractivity contribution in [1.82, 2.24) is 9.78 Å². The normalized spacial score (nSPS) is 11.1. The summed E-state index contributed by atoms with van der Waals surface area (Å²) in [7, 11) is 0. The smallest absolute Gasteiger partial charge is 0.185 e. The lowest BCUT2D eigenvalue weighted by Crippen LogP contribution is -1.94. The standard InChI is InChI=1S/C26H22N2O/c1-2-20-13-15-21(16-14-20)25(29)18-17-23-19-28(24-11-7-4-8-12-24)27-26(23)22-9-5-3-6-10-22/h3-19H,2H2,1H3/b18-17+. The number of aryl methyl sites for hydroxylation is 1. The zero-order valence-corrected chi connectivity index (χ0v) is 16.3. The van der Waals surface area contributed by atoms with Gasteiger partial charge >= 0.3 is 0 Å². The highest BCUT2D eigenvalue weighted by Gasteiger charge is 2.11. The van der Waals surface area contributed by atoms with Gasteiger partial charge in [0.2, 0.25) is 0 Å². The SMILES string of the molecule is CCc1ccc(C(=O)/C=C/c2cn(-c3ccccc3)nc2-c2ccccc2)cc1. The molecule has 0 saturated heterocycles. The Bertz CT molecular complexity index is 1120. The van der Waals surface area contributed by atoms with Gasteiger partial charge < -0.3 is 0 Å². The molecule has 0 aliphatic heterocycles. The summed E-state index contributed by atoms with van der Waals surface area (Å²) in [5, 5.41) is 4.78. The van der Waals surface area contributed by atoms with Gasteiger partial charge in [-0.1, -0.05) is 79.7 Å². The molecule has 0 N–H and O–H groups in total. The molecule has 0 radical (unpaired) electrons. The van der Waals surface area contributed by atoms with E-state index in [4.69, 9.17) is 5.10 Å². The van der Waals surface area contributed by atoms with Crippen LogP contribution in [0.2, 0.25) is 0 Å². The predicted molar refractivity (Wildman–Crippen MR) is 118 cm³/mol. The van der Waals surface area contributed by atoms with Gasteiger partial charge in [-0.25, -0.2) is 4.68 Å². The molecule has 0 atom stereocenters. The van der Waals surface area contributed by atoms with Gasteiger partial charge in [0, 0.05) is 22.9 Å². The molecular weight excluding hydrogens is 356 g/mol. The molecule has 0 amide bonds. The van der Waals surface area contributed by atoms with Crippen molar-refractivity contribution in [1.29, 1.82) is 0 Å². The van der Waals surface area contributed by atoms with Crippen LogP contribution in [0.15, 0.2) is 97.2 Å². The van der Waals surface area contributed by atoms with E-state index in [9.17, 15) is 4.79 Å². The van der Waals surface area contributed by atoms with E-state index in [1.807, 2.05) is 102 Å².